The van der Waals surface area contributed by atoms with Gasteiger partial charge < -0.3 is 15.2 Å². The molecular formula is C26H27ClN4O3. The molecule has 176 valence electrons. The minimum absolute atomic E-state index is 0.0184. The molecule has 34 heavy (non-hydrogen) atoms. The van der Waals surface area contributed by atoms with Gasteiger partial charge in [-0.25, -0.2) is 0 Å². The number of carbonyl (C=O) groups excluding carboxylic acids is 2. The zero-order valence-electron chi connectivity index (χ0n) is 18.7. The summed E-state index contributed by atoms with van der Waals surface area (Å²) in [4.78, 5) is 39.5. The lowest BCUT2D eigenvalue weighted by molar-refractivity contribution is -0.117. The first-order valence-electron chi connectivity index (χ1n) is 11.3. The lowest BCUT2D eigenvalue weighted by Gasteiger charge is -2.31. The van der Waals surface area contributed by atoms with Gasteiger partial charge in [0.15, 0.2) is 0 Å². The average molecular weight is 479 g/mol. The van der Waals surface area contributed by atoms with Gasteiger partial charge in [-0.15, -0.1) is 0 Å². The Labute approximate surface area is 203 Å². The summed E-state index contributed by atoms with van der Waals surface area (Å²) in [5.41, 5.74) is 1.83. The van der Waals surface area contributed by atoms with Crippen LogP contribution in [0.1, 0.15) is 28.8 Å². The van der Waals surface area contributed by atoms with Gasteiger partial charge in [0.1, 0.15) is 0 Å². The molecule has 0 spiro atoms. The number of para-hydroxylation sites is 1. The topological polar surface area (TPSA) is 83.4 Å². The highest BCUT2D eigenvalue weighted by Crippen LogP contribution is 2.16. The summed E-state index contributed by atoms with van der Waals surface area (Å²) < 4.78 is 1.49. The van der Waals surface area contributed by atoms with Gasteiger partial charge in [0.2, 0.25) is 5.91 Å². The molecule has 3 aromatic rings. The second-order valence-corrected chi connectivity index (χ2v) is 8.82. The molecule has 2 aromatic carbocycles. The molecule has 2 heterocycles. The Bertz CT molecular complexity index is 1200. The summed E-state index contributed by atoms with van der Waals surface area (Å²) in [5.74, 6) is -0.261. The number of anilines is 1. The normalized spacial score (nSPS) is 14.5. The average Bonchev–Trinajstić information content (AvgIpc) is 2.83. The lowest BCUT2D eigenvalue weighted by Crippen LogP contribution is -2.46. The third kappa shape index (κ3) is 6.34. The van der Waals surface area contributed by atoms with Crippen LogP contribution in [0.5, 0.6) is 0 Å². The first-order valence-corrected chi connectivity index (χ1v) is 11.7. The molecule has 0 radical (unpaired) electrons. The zero-order valence-corrected chi connectivity index (χ0v) is 19.5. The van der Waals surface area contributed by atoms with Crippen LogP contribution in [-0.4, -0.2) is 47.0 Å². The zero-order chi connectivity index (χ0) is 23.9. The summed E-state index contributed by atoms with van der Waals surface area (Å²) in [7, 11) is 0. The maximum atomic E-state index is 12.8. The van der Waals surface area contributed by atoms with Crippen molar-refractivity contribution in [2.75, 3.05) is 25.0 Å². The van der Waals surface area contributed by atoms with E-state index < -0.39 is 0 Å². The van der Waals surface area contributed by atoms with Gasteiger partial charge in [-0.05, 0) is 42.7 Å². The third-order valence-electron chi connectivity index (χ3n) is 5.89. The molecule has 1 fully saturated rings. The van der Waals surface area contributed by atoms with Gasteiger partial charge in [-0.1, -0.05) is 48.0 Å². The summed E-state index contributed by atoms with van der Waals surface area (Å²) >= 11 is 6.22. The van der Waals surface area contributed by atoms with Crippen molar-refractivity contribution < 1.29 is 9.59 Å². The van der Waals surface area contributed by atoms with Crippen molar-refractivity contribution in [1.29, 1.82) is 0 Å². The molecule has 1 aromatic heterocycles. The molecule has 1 aliphatic rings. The highest BCUT2D eigenvalue weighted by atomic mass is 35.5. The Morgan fingerprint density at radius 2 is 1.65 bits per heavy atom. The number of likely N-dealkylation sites (tertiary alicyclic amines) is 1. The van der Waals surface area contributed by atoms with Crippen molar-refractivity contribution in [1.82, 2.24) is 14.8 Å². The molecule has 0 bridgehead atoms. The van der Waals surface area contributed by atoms with Crippen LogP contribution in [0, 0.1) is 0 Å². The number of piperidine rings is 1. The minimum atomic E-state index is -0.215. The van der Waals surface area contributed by atoms with E-state index in [-0.39, 0.29) is 23.4 Å². The van der Waals surface area contributed by atoms with Gasteiger partial charge in [0.05, 0.1) is 18.7 Å². The van der Waals surface area contributed by atoms with Gasteiger partial charge in [-0.2, -0.15) is 0 Å². The Hall–Kier alpha value is -3.42. The molecule has 0 aliphatic carbocycles. The number of nitrogens with one attached hydrogen (secondary N) is 2. The predicted octanol–water partition coefficient (Wildman–Crippen LogP) is 3.38. The number of pyridine rings is 1. The summed E-state index contributed by atoms with van der Waals surface area (Å²) in [6.45, 7) is 2.06. The number of carbonyl (C=O) groups is 2. The summed E-state index contributed by atoms with van der Waals surface area (Å²) in [6.07, 6.45) is 3.08. The van der Waals surface area contributed by atoms with Crippen LogP contribution in [0.25, 0.3) is 0 Å². The van der Waals surface area contributed by atoms with Crippen molar-refractivity contribution >= 4 is 29.1 Å². The van der Waals surface area contributed by atoms with E-state index in [2.05, 4.69) is 15.5 Å². The molecule has 4 rings (SSSR count). The van der Waals surface area contributed by atoms with E-state index >= 15 is 0 Å². The first-order chi connectivity index (χ1) is 16.5. The van der Waals surface area contributed by atoms with E-state index in [1.807, 2.05) is 48.5 Å². The number of halogens is 1. The molecule has 2 amide bonds. The Morgan fingerprint density at radius 1 is 0.941 bits per heavy atom. The first kappa shape index (κ1) is 23.7. The number of nitrogens with zero attached hydrogens (tertiary/aromatic N) is 2. The smallest absolute Gasteiger partial charge is 0.252 e. The largest absolute Gasteiger partial charge is 0.349 e. The molecule has 7 nitrogen and oxygen atoms in total. The predicted molar refractivity (Wildman–Crippen MR) is 133 cm³/mol. The van der Waals surface area contributed by atoms with E-state index in [1.54, 1.807) is 18.3 Å². The SMILES string of the molecule is O=C(CN1CCC(NC(=O)c2ccc(=O)n(Cc3ccccc3Cl)c2)CC1)Nc1ccccc1. The van der Waals surface area contributed by atoms with E-state index in [0.717, 1.165) is 37.2 Å². The maximum absolute atomic E-state index is 12.8. The van der Waals surface area contributed by atoms with Crippen LogP contribution in [0.3, 0.4) is 0 Å². The number of benzene rings is 2. The van der Waals surface area contributed by atoms with E-state index in [4.69, 9.17) is 11.6 Å². The summed E-state index contributed by atoms with van der Waals surface area (Å²) in [6, 6.07) is 19.7. The Kier molecular flexibility index (Phi) is 7.77. The van der Waals surface area contributed by atoms with E-state index in [9.17, 15) is 14.4 Å². The summed E-state index contributed by atoms with van der Waals surface area (Å²) in [5, 5.41) is 6.54. The number of amides is 2. The fourth-order valence-corrected chi connectivity index (χ4v) is 4.22. The molecular weight excluding hydrogens is 452 g/mol. The van der Waals surface area contributed by atoms with Crippen molar-refractivity contribution in [3.63, 3.8) is 0 Å². The molecule has 0 atom stereocenters. The second-order valence-electron chi connectivity index (χ2n) is 8.41. The van der Waals surface area contributed by atoms with Crippen molar-refractivity contribution in [3.05, 3.63) is 99.4 Å². The van der Waals surface area contributed by atoms with Crippen LogP contribution in [0.2, 0.25) is 5.02 Å². The van der Waals surface area contributed by atoms with Gasteiger partial charge >= 0.3 is 0 Å². The van der Waals surface area contributed by atoms with Crippen LogP contribution >= 0.6 is 11.6 Å². The third-order valence-corrected chi connectivity index (χ3v) is 6.26. The van der Waals surface area contributed by atoms with Crippen LogP contribution in [0.15, 0.2) is 77.7 Å². The number of rotatable bonds is 7. The van der Waals surface area contributed by atoms with Crippen molar-refractivity contribution in [3.8, 4) is 0 Å². The van der Waals surface area contributed by atoms with Crippen LogP contribution in [-0.2, 0) is 11.3 Å². The quantitative estimate of drug-likeness (QED) is 0.545. The van der Waals surface area contributed by atoms with Crippen molar-refractivity contribution in [2.45, 2.75) is 25.4 Å². The molecule has 0 unspecified atom stereocenters. The van der Waals surface area contributed by atoms with Crippen LogP contribution < -0.4 is 16.2 Å². The fraction of sp³-hybridized carbons (Fsp3) is 0.269. The number of aromatic nitrogens is 1. The van der Waals surface area contributed by atoms with Gasteiger partial charge in [0.25, 0.3) is 11.5 Å². The Balaban J connectivity index is 1.29. The standard InChI is InChI=1S/C26H27ClN4O3/c27-23-9-5-4-6-19(23)16-31-17-20(10-11-25(31)33)26(34)29-22-12-14-30(15-13-22)18-24(32)28-21-7-2-1-3-8-21/h1-11,17,22H,12-16,18H2,(H,28,32)(H,29,34). The molecule has 0 saturated carbocycles. The number of hydrogen-bond acceptors (Lipinski definition) is 4. The van der Waals surface area contributed by atoms with Crippen molar-refractivity contribution in [2.24, 2.45) is 0 Å². The van der Waals surface area contributed by atoms with E-state index in [0.29, 0.717) is 23.7 Å². The monoisotopic (exact) mass is 478 g/mol. The highest BCUT2D eigenvalue weighted by molar-refractivity contribution is 6.31. The number of hydrogen-bond donors (Lipinski definition) is 2. The molecule has 1 saturated heterocycles. The molecule has 1 aliphatic heterocycles. The van der Waals surface area contributed by atoms with E-state index in [1.165, 1.54) is 10.6 Å². The minimum Gasteiger partial charge on any atom is -0.349 e. The fourth-order valence-electron chi connectivity index (χ4n) is 4.03. The molecule has 8 heteroatoms. The highest BCUT2D eigenvalue weighted by Gasteiger charge is 2.23. The Morgan fingerprint density at radius 3 is 2.38 bits per heavy atom. The maximum Gasteiger partial charge on any atom is 0.252 e. The van der Waals surface area contributed by atoms with Gasteiger partial charge in [0, 0.05) is 42.1 Å². The lowest BCUT2D eigenvalue weighted by atomic mass is 10.0. The molecule has 2 N–H and O–H groups in total. The van der Waals surface area contributed by atoms with Gasteiger partial charge in [-0.3, -0.25) is 19.3 Å². The van der Waals surface area contributed by atoms with Crippen LogP contribution in [0.4, 0.5) is 5.69 Å². The second kappa shape index (κ2) is 11.1.